The number of carbonyl (C=O) groups is 1. The third kappa shape index (κ3) is 9.46. The fourth-order valence-corrected chi connectivity index (χ4v) is 0.518. The van der Waals surface area contributed by atoms with Crippen LogP contribution >= 0.6 is 0 Å². The molecular formula is C7H14ClNO2. The van der Waals surface area contributed by atoms with Gasteiger partial charge >= 0.3 is 5.97 Å². The molecule has 0 spiro atoms. The molecular weight excluding hydrogens is 166 g/mol. The van der Waals surface area contributed by atoms with Crippen molar-refractivity contribution in [3.63, 3.8) is 0 Å². The third-order valence-corrected chi connectivity index (χ3v) is 0.818. The van der Waals surface area contributed by atoms with Crippen molar-refractivity contribution in [1.29, 1.82) is 0 Å². The predicted molar refractivity (Wildman–Crippen MR) is 39.2 cm³/mol. The van der Waals surface area contributed by atoms with Crippen molar-refractivity contribution in [3.05, 3.63) is 12.8 Å². The number of carbonyl (C=O) groups excluding carboxylic acids is 1. The first-order valence-corrected chi connectivity index (χ1v) is 3.06. The van der Waals surface area contributed by atoms with Gasteiger partial charge in [-0.1, -0.05) is 6.58 Å². The molecule has 0 saturated carbocycles. The molecule has 4 heteroatoms. The number of hydrogen-bond donors (Lipinski definition) is 0. The number of halogens is 1. The molecule has 0 amide bonds. The maximum absolute atomic E-state index is 10.7. The van der Waals surface area contributed by atoms with Gasteiger partial charge in [0, 0.05) is 0 Å². The first-order chi connectivity index (χ1) is 4.45. The van der Waals surface area contributed by atoms with Crippen LogP contribution in [0.25, 0.3) is 0 Å². The summed E-state index contributed by atoms with van der Waals surface area (Å²) in [5.41, 5.74) is 0. The first kappa shape index (κ1) is 13.1. The van der Waals surface area contributed by atoms with E-state index < -0.39 is 0 Å². The van der Waals surface area contributed by atoms with Crippen molar-refractivity contribution in [1.82, 2.24) is 0 Å². The number of ether oxygens (including phenoxy) is 1. The Balaban J connectivity index is 0. The summed E-state index contributed by atoms with van der Waals surface area (Å²) in [6.07, 6.45) is 1.15. The van der Waals surface area contributed by atoms with Crippen LogP contribution in [0.1, 0.15) is 0 Å². The Morgan fingerprint density at radius 1 is 1.55 bits per heavy atom. The van der Waals surface area contributed by atoms with Gasteiger partial charge in [-0.2, -0.15) is 0 Å². The highest BCUT2D eigenvalue weighted by atomic mass is 35.5. The van der Waals surface area contributed by atoms with Gasteiger partial charge in [-0.15, -0.1) is 0 Å². The van der Waals surface area contributed by atoms with Crippen LogP contribution in [0.5, 0.6) is 0 Å². The zero-order valence-electron chi connectivity index (χ0n) is 7.13. The summed E-state index contributed by atoms with van der Waals surface area (Å²) in [5.74, 6) is -0.248. The molecule has 0 heterocycles. The predicted octanol–water partition coefficient (Wildman–Crippen LogP) is -2.62. The lowest BCUT2D eigenvalue weighted by molar-refractivity contribution is -0.862. The lowest BCUT2D eigenvalue weighted by Gasteiger charge is -2.21. The van der Waals surface area contributed by atoms with Crippen LogP contribution in [-0.2, 0) is 9.53 Å². The van der Waals surface area contributed by atoms with Gasteiger partial charge in [-0.3, -0.25) is 0 Å². The molecule has 66 valence electrons. The SMILES string of the molecule is C=COC(=O)C[N+](C)(C)C.[Cl-]. The average Bonchev–Trinajstić information content (AvgIpc) is 1.59. The molecule has 0 aromatic rings. The summed E-state index contributed by atoms with van der Waals surface area (Å²) in [5, 5.41) is 0. The number of esters is 1. The van der Waals surface area contributed by atoms with Crippen LogP contribution in [-0.4, -0.2) is 38.1 Å². The van der Waals surface area contributed by atoms with Crippen molar-refractivity contribution in [2.24, 2.45) is 0 Å². The van der Waals surface area contributed by atoms with Crippen molar-refractivity contribution in [3.8, 4) is 0 Å². The van der Waals surface area contributed by atoms with Gasteiger partial charge < -0.3 is 21.6 Å². The van der Waals surface area contributed by atoms with E-state index in [-0.39, 0.29) is 18.4 Å². The first-order valence-electron chi connectivity index (χ1n) is 3.06. The summed E-state index contributed by atoms with van der Waals surface area (Å²) in [7, 11) is 5.76. The summed E-state index contributed by atoms with van der Waals surface area (Å²) in [4.78, 5) is 10.7. The van der Waals surface area contributed by atoms with Crippen LogP contribution in [0, 0.1) is 0 Å². The maximum atomic E-state index is 10.7. The molecule has 11 heavy (non-hydrogen) atoms. The Morgan fingerprint density at radius 3 is 2.27 bits per heavy atom. The van der Waals surface area contributed by atoms with E-state index in [1.165, 1.54) is 0 Å². The molecule has 0 aliphatic carbocycles. The van der Waals surface area contributed by atoms with E-state index in [9.17, 15) is 4.79 Å². The molecule has 0 atom stereocenters. The zero-order valence-corrected chi connectivity index (χ0v) is 7.89. The van der Waals surface area contributed by atoms with E-state index in [0.717, 1.165) is 6.26 Å². The van der Waals surface area contributed by atoms with Crippen LogP contribution in [0.2, 0.25) is 0 Å². The minimum atomic E-state index is -0.248. The van der Waals surface area contributed by atoms with E-state index >= 15 is 0 Å². The molecule has 0 saturated heterocycles. The Labute approximate surface area is 73.6 Å². The van der Waals surface area contributed by atoms with Gasteiger partial charge in [-0.05, 0) is 0 Å². The van der Waals surface area contributed by atoms with E-state index in [0.29, 0.717) is 11.0 Å². The fourth-order valence-electron chi connectivity index (χ4n) is 0.518. The summed E-state index contributed by atoms with van der Waals surface area (Å²) in [6, 6.07) is 0. The van der Waals surface area contributed by atoms with Crippen LogP contribution in [0.15, 0.2) is 12.8 Å². The fraction of sp³-hybridized carbons (Fsp3) is 0.571. The Morgan fingerprint density at radius 2 is 2.00 bits per heavy atom. The quantitative estimate of drug-likeness (QED) is 0.270. The van der Waals surface area contributed by atoms with Crippen molar-refractivity contribution >= 4 is 5.97 Å². The Kier molecular flexibility index (Phi) is 6.13. The summed E-state index contributed by atoms with van der Waals surface area (Å²) in [6.45, 7) is 3.65. The Bertz CT molecular complexity index is 140. The second-order valence-electron chi connectivity index (χ2n) is 3.10. The summed E-state index contributed by atoms with van der Waals surface area (Å²) >= 11 is 0. The standard InChI is InChI=1S/C7H14NO2.ClH/c1-5-10-7(9)6-8(2,3)4;/h5H,1,6H2,2-4H3;1H/q+1;/p-1. The van der Waals surface area contributed by atoms with Crippen molar-refractivity contribution in [2.75, 3.05) is 27.7 Å². The zero-order chi connectivity index (χ0) is 8.20. The molecule has 0 aliphatic rings. The van der Waals surface area contributed by atoms with Crippen LogP contribution in [0.3, 0.4) is 0 Å². The number of nitrogens with zero attached hydrogens (tertiary/aromatic N) is 1. The average molecular weight is 180 g/mol. The minimum absolute atomic E-state index is 0. The van der Waals surface area contributed by atoms with Gasteiger partial charge in [0.05, 0.1) is 27.4 Å². The van der Waals surface area contributed by atoms with E-state index in [1.54, 1.807) is 0 Å². The molecule has 0 unspecified atom stereocenters. The van der Waals surface area contributed by atoms with E-state index in [4.69, 9.17) is 0 Å². The van der Waals surface area contributed by atoms with Gasteiger partial charge in [0.25, 0.3) is 0 Å². The molecule has 0 aromatic carbocycles. The van der Waals surface area contributed by atoms with E-state index in [2.05, 4.69) is 11.3 Å². The van der Waals surface area contributed by atoms with Crippen LogP contribution in [0.4, 0.5) is 0 Å². The monoisotopic (exact) mass is 179 g/mol. The highest BCUT2D eigenvalue weighted by Gasteiger charge is 2.13. The van der Waals surface area contributed by atoms with E-state index in [1.807, 2.05) is 21.1 Å². The normalized spacial score (nSPS) is 9.73. The van der Waals surface area contributed by atoms with Gasteiger partial charge in [0.15, 0.2) is 6.54 Å². The number of hydrogen-bond acceptors (Lipinski definition) is 2. The highest BCUT2D eigenvalue weighted by molar-refractivity contribution is 5.71. The topological polar surface area (TPSA) is 26.3 Å². The molecule has 3 nitrogen and oxygen atoms in total. The van der Waals surface area contributed by atoms with Gasteiger partial charge in [0.1, 0.15) is 0 Å². The highest BCUT2D eigenvalue weighted by Crippen LogP contribution is 1.90. The summed E-state index contributed by atoms with van der Waals surface area (Å²) < 4.78 is 5.10. The second kappa shape index (κ2) is 5.16. The molecule has 0 bridgehead atoms. The second-order valence-corrected chi connectivity index (χ2v) is 3.10. The maximum Gasteiger partial charge on any atom is 0.366 e. The van der Waals surface area contributed by atoms with Crippen molar-refractivity contribution in [2.45, 2.75) is 0 Å². The number of likely N-dealkylation sites (N-methyl/N-ethyl adjacent to an activating group) is 1. The Hall–Kier alpha value is -0.540. The largest absolute Gasteiger partial charge is 1.00 e. The molecule has 0 fully saturated rings. The molecule has 0 aliphatic heterocycles. The van der Waals surface area contributed by atoms with Crippen molar-refractivity contribution < 1.29 is 26.4 Å². The molecule has 0 rings (SSSR count). The van der Waals surface area contributed by atoms with Gasteiger partial charge in [0.2, 0.25) is 0 Å². The smallest absolute Gasteiger partial charge is 0.366 e. The molecule has 0 radical (unpaired) electrons. The number of quaternary nitrogens is 1. The van der Waals surface area contributed by atoms with Crippen LogP contribution < -0.4 is 12.4 Å². The van der Waals surface area contributed by atoms with Gasteiger partial charge in [-0.25, -0.2) is 4.79 Å². The lowest BCUT2D eigenvalue weighted by Crippen LogP contribution is -3.00. The minimum Gasteiger partial charge on any atom is -1.00 e. The molecule has 0 aromatic heterocycles. The molecule has 0 N–H and O–H groups in total. The lowest BCUT2D eigenvalue weighted by atomic mass is 10.5. The number of rotatable bonds is 3. The third-order valence-electron chi connectivity index (χ3n) is 0.818.